The molecule has 0 aromatic heterocycles. The third-order valence-corrected chi connectivity index (χ3v) is 12.3. The Morgan fingerprint density at radius 3 is 2.28 bits per heavy atom. The van der Waals surface area contributed by atoms with Gasteiger partial charge < -0.3 is 30.5 Å². The molecule has 3 fully saturated rings. The number of benzene rings is 3. The van der Waals surface area contributed by atoms with E-state index in [4.69, 9.17) is 9.47 Å². The van der Waals surface area contributed by atoms with Crippen molar-refractivity contribution in [1.29, 1.82) is 0 Å². The van der Waals surface area contributed by atoms with Crippen LogP contribution in [0, 0.1) is 11.8 Å². The summed E-state index contributed by atoms with van der Waals surface area (Å²) in [6.07, 6.45) is 8.58. The first kappa shape index (κ1) is 43.5. The molecule has 2 aliphatic heterocycles. The second kappa shape index (κ2) is 20.2. The number of unbranched alkanes of at least 4 members (excludes halogenated alkanes) is 2. The van der Waals surface area contributed by atoms with Gasteiger partial charge in [0.2, 0.25) is 17.7 Å². The number of hydrogen-bond acceptors (Lipinski definition) is 7. The number of aliphatic hydroxyl groups is 1. The van der Waals surface area contributed by atoms with E-state index in [1.54, 1.807) is 0 Å². The Labute approximate surface area is 345 Å². The fraction of sp³-hybridized carbons (Fsp3) is 0.562. The van der Waals surface area contributed by atoms with E-state index < -0.39 is 6.29 Å². The minimum absolute atomic E-state index is 0.00313. The molecular weight excluding hydrogens is 729 g/mol. The average Bonchev–Trinajstić information content (AvgIpc) is 3.21. The van der Waals surface area contributed by atoms with Gasteiger partial charge >= 0.3 is 0 Å². The molecule has 7 atom stereocenters. The minimum Gasteiger partial charge on any atom is -0.392 e. The first-order valence-corrected chi connectivity index (χ1v) is 21.7. The maximum atomic E-state index is 13.9. The van der Waals surface area contributed by atoms with E-state index in [2.05, 4.69) is 76.3 Å². The van der Waals surface area contributed by atoms with E-state index in [0.717, 1.165) is 71.9 Å². The highest BCUT2D eigenvalue weighted by Crippen LogP contribution is 2.44. The maximum Gasteiger partial charge on any atom is 0.237 e. The zero-order valence-electron chi connectivity index (χ0n) is 35.3. The Morgan fingerprint density at radius 2 is 1.55 bits per heavy atom. The van der Waals surface area contributed by atoms with Crippen molar-refractivity contribution in [2.24, 2.45) is 11.8 Å². The predicted molar refractivity (Wildman–Crippen MR) is 227 cm³/mol. The molecule has 0 spiro atoms. The zero-order chi connectivity index (χ0) is 41.2. The summed E-state index contributed by atoms with van der Waals surface area (Å²) in [6.45, 7) is 11.6. The van der Waals surface area contributed by atoms with Crippen LogP contribution in [-0.2, 0) is 37.0 Å². The molecule has 2 heterocycles. The molecule has 6 rings (SSSR count). The van der Waals surface area contributed by atoms with Gasteiger partial charge in [-0.15, -0.1) is 0 Å². The standard InChI is InChI=1S/C48H66N4O6/c1-32-43(30-52-41-16-11-9-13-36(41)26-27-42(52)46(56)51-48(3,4)5)57-47(58-45(32)37-20-18-34(31-53)19-21-37)38-24-22-35(23-25-38)40-15-10-8-14-39(40)29-50-44(55)17-7-6-12-28-49-33(2)54/h8,10,14-15,18-25,32,36,41-43,45,47,53H,6-7,9,11-13,16-17,26-31H2,1-5H3,(H,49,54)(H,50,55)(H,51,56). The van der Waals surface area contributed by atoms with E-state index in [9.17, 15) is 19.5 Å². The lowest BCUT2D eigenvalue weighted by Gasteiger charge is -2.51. The Hall–Kier alpha value is -4.09. The quantitative estimate of drug-likeness (QED) is 0.115. The summed E-state index contributed by atoms with van der Waals surface area (Å²) < 4.78 is 13.9. The fourth-order valence-corrected chi connectivity index (χ4v) is 9.17. The number of carbonyl (C=O) groups excluding carboxylic acids is 3. The van der Waals surface area contributed by atoms with Gasteiger partial charge in [0.15, 0.2) is 6.29 Å². The number of rotatable bonds is 15. The molecule has 3 aromatic carbocycles. The Balaban J connectivity index is 1.20. The van der Waals surface area contributed by atoms with Gasteiger partial charge in [-0.1, -0.05) is 99.0 Å². The van der Waals surface area contributed by atoms with Gasteiger partial charge in [-0.3, -0.25) is 19.3 Å². The van der Waals surface area contributed by atoms with Crippen molar-refractivity contribution in [1.82, 2.24) is 20.9 Å². The zero-order valence-corrected chi connectivity index (χ0v) is 35.3. The van der Waals surface area contributed by atoms with Gasteiger partial charge in [0.05, 0.1) is 24.9 Å². The third kappa shape index (κ3) is 11.6. The molecule has 4 N–H and O–H groups in total. The molecule has 3 aliphatic rings. The predicted octanol–water partition coefficient (Wildman–Crippen LogP) is 7.89. The highest BCUT2D eigenvalue weighted by Gasteiger charge is 2.46. The molecule has 0 bridgehead atoms. The van der Waals surface area contributed by atoms with Gasteiger partial charge in [0.25, 0.3) is 0 Å². The summed E-state index contributed by atoms with van der Waals surface area (Å²) in [5, 5.41) is 19.0. The summed E-state index contributed by atoms with van der Waals surface area (Å²) >= 11 is 0. The van der Waals surface area contributed by atoms with E-state index in [1.165, 1.54) is 26.2 Å². The molecule has 10 nitrogen and oxygen atoms in total. The van der Waals surface area contributed by atoms with Crippen LogP contribution in [0.25, 0.3) is 11.1 Å². The number of carbonyl (C=O) groups is 3. The number of hydrogen-bond donors (Lipinski definition) is 4. The van der Waals surface area contributed by atoms with Crippen LogP contribution >= 0.6 is 0 Å². The van der Waals surface area contributed by atoms with E-state index in [-0.39, 0.29) is 54.0 Å². The number of piperidine rings is 1. The third-order valence-electron chi connectivity index (χ3n) is 12.3. The monoisotopic (exact) mass is 794 g/mol. The Morgan fingerprint density at radius 1 is 0.828 bits per heavy atom. The summed E-state index contributed by atoms with van der Waals surface area (Å²) in [5.41, 5.74) is 5.61. The largest absolute Gasteiger partial charge is 0.392 e. The van der Waals surface area contributed by atoms with Crippen molar-refractivity contribution in [3.8, 4) is 11.1 Å². The number of aliphatic hydroxyl groups excluding tert-OH is 1. The fourth-order valence-electron chi connectivity index (χ4n) is 9.17. The van der Waals surface area contributed by atoms with E-state index in [1.807, 2.05) is 45.0 Å². The van der Waals surface area contributed by atoms with Crippen LogP contribution in [0.3, 0.4) is 0 Å². The van der Waals surface area contributed by atoms with Crippen molar-refractivity contribution in [3.05, 3.63) is 95.1 Å². The summed E-state index contributed by atoms with van der Waals surface area (Å²) in [4.78, 5) is 40.2. The maximum absolute atomic E-state index is 13.9. The summed E-state index contributed by atoms with van der Waals surface area (Å²) in [5.74, 6) is 0.686. The Kier molecular flexibility index (Phi) is 15.2. The van der Waals surface area contributed by atoms with Gasteiger partial charge in [0, 0.05) is 56.0 Å². The molecule has 3 aromatic rings. The molecule has 1 aliphatic carbocycles. The number of nitrogens with zero attached hydrogens (tertiary/aromatic N) is 1. The first-order valence-electron chi connectivity index (χ1n) is 21.7. The molecule has 3 amide bonds. The molecule has 314 valence electrons. The topological polar surface area (TPSA) is 129 Å². The smallest absolute Gasteiger partial charge is 0.237 e. The van der Waals surface area contributed by atoms with Crippen LogP contribution in [0.1, 0.15) is 133 Å². The molecule has 1 saturated carbocycles. The van der Waals surface area contributed by atoms with Crippen molar-refractivity contribution >= 4 is 17.7 Å². The van der Waals surface area contributed by atoms with Crippen LogP contribution in [-0.4, -0.2) is 64.5 Å². The lowest BCUT2D eigenvalue weighted by molar-refractivity contribution is -0.278. The number of nitrogens with one attached hydrogen (secondary N) is 3. The Bertz CT molecular complexity index is 1810. The van der Waals surface area contributed by atoms with Crippen molar-refractivity contribution in [2.75, 3.05) is 13.1 Å². The molecule has 7 unspecified atom stereocenters. The van der Waals surface area contributed by atoms with Gasteiger partial charge in [0.1, 0.15) is 0 Å². The lowest BCUT2D eigenvalue weighted by atomic mass is 9.75. The molecular formula is C48H66N4O6. The second-order valence-corrected chi connectivity index (χ2v) is 17.8. The normalized spacial score (nSPS) is 25.0. The highest BCUT2D eigenvalue weighted by atomic mass is 16.7. The van der Waals surface area contributed by atoms with Crippen LogP contribution in [0.4, 0.5) is 0 Å². The number of ether oxygens (including phenoxy) is 2. The summed E-state index contributed by atoms with van der Waals surface area (Å²) in [6, 6.07) is 24.7. The van der Waals surface area contributed by atoms with Crippen molar-refractivity contribution < 1.29 is 29.0 Å². The van der Waals surface area contributed by atoms with Crippen molar-refractivity contribution in [3.63, 3.8) is 0 Å². The molecule has 58 heavy (non-hydrogen) atoms. The minimum atomic E-state index is -0.626. The van der Waals surface area contributed by atoms with Gasteiger partial charge in [-0.25, -0.2) is 0 Å². The van der Waals surface area contributed by atoms with Gasteiger partial charge in [-0.05, 0) is 93.0 Å². The molecule has 10 heteroatoms. The number of amides is 3. The number of likely N-dealkylation sites (tertiary alicyclic amines) is 1. The first-order chi connectivity index (χ1) is 27.9. The van der Waals surface area contributed by atoms with E-state index >= 15 is 0 Å². The van der Waals surface area contributed by atoms with Crippen LogP contribution in [0.2, 0.25) is 0 Å². The lowest BCUT2D eigenvalue weighted by Crippen LogP contribution is -2.61. The summed E-state index contributed by atoms with van der Waals surface area (Å²) in [7, 11) is 0. The molecule has 0 radical (unpaired) electrons. The average molecular weight is 795 g/mol. The van der Waals surface area contributed by atoms with Gasteiger partial charge in [-0.2, -0.15) is 0 Å². The van der Waals surface area contributed by atoms with Crippen LogP contribution < -0.4 is 16.0 Å². The van der Waals surface area contributed by atoms with Crippen LogP contribution in [0.15, 0.2) is 72.8 Å². The SMILES string of the molecule is CC(=O)NCCCCCC(=O)NCc1ccccc1-c1ccc(C2OC(CN3C(C(=O)NC(C)(C)C)CCC4CCCCC43)C(C)C(c3ccc(CO)cc3)O2)cc1. The second-order valence-electron chi connectivity index (χ2n) is 17.8. The van der Waals surface area contributed by atoms with Crippen LogP contribution in [0.5, 0.6) is 0 Å². The van der Waals surface area contributed by atoms with Crippen molar-refractivity contribution in [2.45, 2.75) is 148 Å². The van der Waals surface area contributed by atoms with E-state index in [0.29, 0.717) is 38.0 Å². The molecule has 2 saturated heterocycles. The number of fused-ring (bicyclic) bond motifs is 1. The highest BCUT2D eigenvalue weighted by molar-refractivity contribution is 5.82.